The summed E-state index contributed by atoms with van der Waals surface area (Å²) in [5.41, 5.74) is 0. The Morgan fingerprint density at radius 2 is 0.565 bits per heavy atom. The Balaban J connectivity index is 4.32. The van der Waals surface area contributed by atoms with Crippen LogP contribution in [-0.2, 0) is 28.6 Å². The van der Waals surface area contributed by atoms with Crippen molar-refractivity contribution < 1.29 is 28.6 Å². The summed E-state index contributed by atoms with van der Waals surface area (Å²) in [6.07, 6.45) is 60.9. The second kappa shape index (κ2) is 51.0. The molecule has 0 aromatic carbocycles. The average Bonchev–Trinajstić information content (AvgIpc) is 3.27. The van der Waals surface area contributed by atoms with E-state index < -0.39 is 6.10 Å². The van der Waals surface area contributed by atoms with Gasteiger partial charge in [-0.15, -0.1) is 0 Å². The Hall–Kier alpha value is -2.63. The minimum atomic E-state index is -0.777. The van der Waals surface area contributed by atoms with E-state index in [1.165, 1.54) is 167 Å². The molecule has 0 saturated carbocycles. The minimum Gasteiger partial charge on any atom is -0.462 e. The third-order valence-corrected chi connectivity index (χ3v) is 11.6. The Morgan fingerprint density at radius 3 is 0.887 bits per heavy atom. The van der Waals surface area contributed by atoms with Crippen LogP contribution in [-0.4, -0.2) is 37.2 Å². The quantitative estimate of drug-likeness (QED) is 0.0262. The van der Waals surface area contributed by atoms with Crippen molar-refractivity contribution in [3.05, 3.63) is 48.6 Å². The van der Waals surface area contributed by atoms with Gasteiger partial charge in [-0.25, -0.2) is 0 Å². The number of hydrogen-bond acceptors (Lipinski definition) is 6. The van der Waals surface area contributed by atoms with Gasteiger partial charge >= 0.3 is 17.9 Å². The lowest BCUT2D eigenvalue weighted by Crippen LogP contribution is -2.30. The zero-order valence-corrected chi connectivity index (χ0v) is 41.1. The van der Waals surface area contributed by atoms with Gasteiger partial charge < -0.3 is 14.2 Å². The SMILES string of the molecule is CCCCC/C=C\C=C/CCCCCCCCCCCCC(=O)OCC(COC(=O)CCCCCCCCCCCC)OC(=O)CCCCCCCC/C=C\C=C/CCCCC. The Labute approximate surface area is 384 Å². The first-order chi connectivity index (χ1) is 30.5. The van der Waals surface area contributed by atoms with E-state index in [1.807, 2.05) is 0 Å². The highest BCUT2D eigenvalue weighted by Gasteiger charge is 2.19. The number of rotatable bonds is 48. The number of esters is 3. The van der Waals surface area contributed by atoms with Crippen LogP contribution < -0.4 is 0 Å². The monoisotopic (exact) mass is 869 g/mol. The van der Waals surface area contributed by atoms with Gasteiger partial charge in [-0.1, -0.05) is 230 Å². The minimum absolute atomic E-state index is 0.0768. The Morgan fingerprint density at radius 1 is 0.323 bits per heavy atom. The van der Waals surface area contributed by atoms with E-state index in [9.17, 15) is 14.4 Å². The van der Waals surface area contributed by atoms with E-state index in [2.05, 4.69) is 69.4 Å². The zero-order valence-electron chi connectivity index (χ0n) is 41.1. The van der Waals surface area contributed by atoms with Crippen LogP contribution in [0.1, 0.15) is 271 Å². The van der Waals surface area contributed by atoms with Crippen LogP contribution in [0.2, 0.25) is 0 Å². The fraction of sp³-hybridized carbons (Fsp3) is 0.804. The van der Waals surface area contributed by atoms with Crippen LogP contribution in [0.4, 0.5) is 0 Å². The fourth-order valence-electron chi connectivity index (χ4n) is 7.54. The summed E-state index contributed by atoms with van der Waals surface area (Å²) in [7, 11) is 0. The maximum atomic E-state index is 12.8. The van der Waals surface area contributed by atoms with Crippen LogP contribution in [0, 0.1) is 0 Å². The van der Waals surface area contributed by atoms with Crippen molar-refractivity contribution in [2.24, 2.45) is 0 Å². The lowest BCUT2D eigenvalue weighted by molar-refractivity contribution is -0.167. The van der Waals surface area contributed by atoms with Gasteiger partial charge in [-0.3, -0.25) is 14.4 Å². The molecule has 0 aromatic rings. The van der Waals surface area contributed by atoms with Crippen LogP contribution >= 0.6 is 0 Å². The van der Waals surface area contributed by atoms with Crippen molar-refractivity contribution in [3.63, 3.8) is 0 Å². The molecule has 0 bridgehead atoms. The molecule has 6 nitrogen and oxygen atoms in total. The molecule has 0 aliphatic carbocycles. The van der Waals surface area contributed by atoms with Gasteiger partial charge in [0, 0.05) is 19.3 Å². The standard InChI is InChI=1S/C56H100O6/c1-4-7-10-13-16-19-22-24-26-27-28-29-31-32-34-37-40-43-46-49-55(58)61-52-53(51-60-54(57)48-45-42-39-36-21-18-15-12-9-6-3)62-56(59)50-47-44-41-38-35-33-30-25-23-20-17-14-11-8-5-2/h16-17,19-20,22-25,53H,4-15,18,21,26-52H2,1-3H3/b19-16-,20-17-,24-22-,25-23-. The smallest absolute Gasteiger partial charge is 0.306 e. The normalized spacial score (nSPS) is 12.4. The maximum absolute atomic E-state index is 12.8. The molecule has 0 amide bonds. The first-order valence-corrected chi connectivity index (χ1v) is 26.7. The van der Waals surface area contributed by atoms with Crippen molar-refractivity contribution in [3.8, 4) is 0 Å². The molecule has 62 heavy (non-hydrogen) atoms. The van der Waals surface area contributed by atoms with Crippen LogP contribution in [0.3, 0.4) is 0 Å². The predicted octanol–water partition coefficient (Wildman–Crippen LogP) is 17.5. The second-order valence-corrected chi connectivity index (χ2v) is 17.8. The number of hydrogen-bond donors (Lipinski definition) is 0. The van der Waals surface area contributed by atoms with E-state index in [1.54, 1.807) is 0 Å². The highest BCUT2D eigenvalue weighted by atomic mass is 16.6. The molecule has 360 valence electrons. The molecular weight excluding hydrogens is 769 g/mol. The molecule has 0 rings (SSSR count). The van der Waals surface area contributed by atoms with Crippen LogP contribution in [0.25, 0.3) is 0 Å². The van der Waals surface area contributed by atoms with Gasteiger partial charge in [-0.2, -0.15) is 0 Å². The Bertz CT molecular complexity index is 1090. The summed E-state index contributed by atoms with van der Waals surface area (Å²) in [4.78, 5) is 38.0. The second-order valence-electron chi connectivity index (χ2n) is 17.8. The molecule has 0 aliphatic rings. The fourth-order valence-corrected chi connectivity index (χ4v) is 7.54. The molecule has 0 aliphatic heterocycles. The van der Waals surface area contributed by atoms with Gasteiger partial charge in [-0.05, 0) is 70.6 Å². The average molecular weight is 869 g/mol. The van der Waals surface area contributed by atoms with Crippen molar-refractivity contribution in [2.75, 3.05) is 13.2 Å². The summed E-state index contributed by atoms with van der Waals surface area (Å²) < 4.78 is 16.8. The molecule has 0 spiro atoms. The molecule has 0 heterocycles. The highest BCUT2D eigenvalue weighted by Crippen LogP contribution is 2.15. The molecule has 0 radical (unpaired) electrons. The van der Waals surface area contributed by atoms with Crippen LogP contribution in [0.5, 0.6) is 0 Å². The van der Waals surface area contributed by atoms with Crippen molar-refractivity contribution in [1.29, 1.82) is 0 Å². The number of unbranched alkanes of at least 4 members (excludes halogenated alkanes) is 31. The van der Waals surface area contributed by atoms with E-state index >= 15 is 0 Å². The molecule has 0 saturated heterocycles. The third-order valence-electron chi connectivity index (χ3n) is 11.6. The number of carbonyl (C=O) groups is 3. The van der Waals surface area contributed by atoms with Gasteiger partial charge in [0.25, 0.3) is 0 Å². The third kappa shape index (κ3) is 48.4. The van der Waals surface area contributed by atoms with Crippen molar-refractivity contribution in [1.82, 2.24) is 0 Å². The molecule has 0 fully saturated rings. The van der Waals surface area contributed by atoms with Gasteiger partial charge in [0.15, 0.2) is 6.10 Å². The van der Waals surface area contributed by atoms with Gasteiger partial charge in [0.1, 0.15) is 13.2 Å². The summed E-state index contributed by atoms with van der Waals surface area (Å²) in [5.74, 6) is -0.885. The Kier molecular flexibility index (Phi) is 48.8. The molecule has 1 unspecified atom stereocenters. The molecule has 6 heteroatoms. The number of ether oxygens (including phenoxy) is 3. The highest BCUT2D eigenvalue weighted by molar-refractivity contribution is 5.71. The number of allylic oxidation sites excluding steroid dienone is 8. The lowest BCUT2D eigenvalue weighted by Gasteiger charge is -2.18. The van der Waals surface area contributed by atoms with E-state index in [-0.39, 0.29) is 31.1 Å². The van der Waals surface area contributed by atoms with E-state index in [0.717, 1.165) is 64.2 Å². The zero-order chi connectivity index (χ0) is 45.1. The molecule has 0 N–H and O–H groups in total. The summed E-state index contributed by atoms with van der Waals surface area (Å²) in [6, 6.07) is 0. The summed E-state index contributed by atoms with van der Waals surface area (Å²) in [5, 5.41) is 0. The van der Waals surface area contributed by atoms with Crippen LogP contribution in [0.15, 0.2) is 48.6 Å². The van der Waals surface area contributed by atoms with Gasteiger partial charge in [0.05, 0.1) is 0 Å². The summed E-state index contributed by atoms with van der Waals surface area (Å²) >= 11 is 0. The molecule has 1 atom stereocenters. The largest absolute Gasteiger partial charge is 0.462 e. The van der Waals surface area contributed by atoms with Crippen molar-refractivity contribution >= 4 is 17.9 Å². The first-order valence-electron chi connectivity index (χ1n) is 26.7. The number of carbonyl (C=O) groups excluding carboxylic acids is 3. The van der Waals surface area contributed by atoms with E-state index in [0.29, 0.717) is 19.3 Å². The maximum Gasteiger partial charge on any atom is 0.306 e. The topological polar surface area (TPSA) is 78.9 Å². The van der Waals surface area contributed by atoms with E-state index in [4.69, 9.17) is 14.2 Å². The van der Waals surface area contributed by atoms with Gasteiger partial charge in [0.2, 0.25) is 0 Å². The van der Waals surface area contributed by atoms with Crippen molar-refractivity contribution in [2.45, 2.75) is 277 Å². The molecule has 0 aromatic heterocycles. The molecular formula is C56H100O6. The summed E-state index contributed by atoms with van der Waals surface area (Å²) in [6.45, 7) is 6.57. The predicted molar refractivity (Wildman–Crippen MR) is 265 cm³/mol. The first kappa shape index (κ1) is 59.4. The lowest BCUT2D eigenvalue weighted by atomic mass is 10.1.